The van der Waals surface area contributed by atoms with Crippen LogP contribution in [0.2, 0.25) is 0 Å². The number of hydrogen-bond donors (Lipinski definition) is 0. The van der Waals surface area contributed by atoms with Gasteiger partial charge < -0.3 is 4.74 Å². The average Bonchev–Trinajstić information content (AvgIpc) is 2.43. The lowest BCUT2D eigenvalue weighted by Gasteiger charge is -2.26. The lowest BCUT2D eigenvalue weighted by atomic mass is 10.0. The Bertz CT molecular complexity index is 436. The molecule has 1 aromatic carbocycles. The van der Waals surface area contributed by atoms with Crippen molar-refractivity contribution in [3.63, 3.8) is 0 Å². The van der Waals surface area contributed by atoms with E-state index in [1.807, 2.05) is 18.2 Å². The van der Waals surface area contributed by atoms with Gasteiger partial charge in [-0.25, -0.2) is 0 Å². The number of ether oxygens (including phenoxy) is 1. The summed E-state index contributed by atoms with van der Waals surface area (Å²) in [7, 11) is 0. The zero-order valence-corrected chi connectivity index (χ0v) is 11.9. The molecule has 0 aliphatic carbocycles. The smallest absolute Gasteiger partial charge is 0.162 e. The third kappa shape index (κ3) is 4.15. The molecule has 1 fully saturated rings. The van der Waals surface area contributed by atoms with Crippen LogP contribution >= 0.6 is 0 Å². The van der Waals surface area contributed by atoms with Gasteiger partial charge in [-0.05, 0) is 44.0 Å². The molecule has 3 heteroatoms. The highest BCUT2D eigenvalue weighted by Crippen LogP contribution is 2.12. The first-order chi connectivity index (χ1) is 9.16. The van der Waals surface area contributed by atoms with E-state index in [0.717, 1.165) is 44.8 Å². The van der Waals surface area contributed by atoms with E-state index >= 15 is 0 Å². The van der Waals surface area contributed by atoms with Crippen molar-refractivity contribution in [1.29, 1.82) is 0 Å². The van der Waals surface area contributed by atoms with Crippen molar-refractivity contribution in [2.24, 2.45) is 0 Å². The predicted molar refractivity (Wildman–Crippen MR) is 76.7 cm³/mol. The first-order valence-electron chi connectivity index (χ1n) is 7.07. The van der Waals surface area contributed by atoms with Crippen LogP contribution in [0.3, 0.4) is 0 Å². The van der Waals surface area contributed by atoms with E-state index in [0.29, 0.717) is 6.42 Å². The Hall–Kier alpha value is -1.19. The average molecular weight is 261 g/mol. The van der Waals surface area contributed by atoms with Gasteiger partial charge >= 0.3 is 0 Å². The third-order valence-corrected chi connectivity index (χ3v) is 3.81. The summed E-state index contributed by atoms with van der Waals surface area (Å²) >= 11 is 0. The van der Waals surface area contributed by atoms with Crippen LogP contribution in [-0.2, 0) is 4.74 Å². The Labute approximate surface area is 115 Å². The molecule has 0 unspecified atom stereocenters. The second kappa shape index (κ2) is 6.83. The summed E-state index contributed by atoms with van der Waals surface area (Å²) in [5.74, 6) is 0.261. The van der Waals surface area contributed by atoms with E-state index in [9.17, 15) is 4.79 Å². The van der Waals surface area contributed by atoms with Crippen molar-refractivity contribution in [2.45, 2.75) is 26.7 Å². The second-order valence-electron chi connectivity index (χ2n) is 5.28. The van der Waals surface area contributed by atoms with Crippen molar-refractivity contribution < 1.29 is 9.53 Å². The lowest BCUT2D eigenvalue weighted by molar-refractivity contribution is 0.0371. The van der Waals surface area contributed by atoms with Crippen molar-refractivity contribution in [2.75, 3.05) is 32.8 Å². The predicted octanol–water partition coefficient (Wildman–Crippen LogP) is 2.60. The standard InChI is InChI=1S/C16H23NO2/c1-13-5-6-15(12-14(13)2)16(18)4-3-7-17-8-10-19-11-9-17/h5-6,12H,3-4,7-11H2,1-2H3. The van der Waals surface area contributed by atoms with Crippen LogP contribution in [0.4, 0.5) is 0 Å². The van der Waals surface area contributed by atoms with Crippen LogP contribution in [0.1, 0.15) is 34.3 Å². The van der Waals surface area contributed by atoms with Crippen LogP contribution in [0.5, 0.6) is 0 Å². The van der Waals surface area contributed by atoms with Gasteiger partial charge in [-0.3, -0.25) is 9.69 Å². The summed E-state index contributed by atoms with van der Waals surface area (Å²) in [5.41, 5.74) is 3.29. The Morgan fingerprint density at radius 1 is 1.21 bits per heavy atom. The monoisotopic (exact) mass is 261 g/mol. The van der Waals surface area contributed by atoms with Gasteiger partial charge in [-0.1, -0.05) is 12.1 Å². The molecule has 3 nitrogen and oxygen atoms in total. The molecular formula is C16H23NO2. The first kappa shape index (κ1) is 14.2. The van der Waals surface area contributed by atoms with Gasteiger partial charge in [-0.2, -0.15) is 0 Å². The van der Waals surface area contributed by atoms with Crippen LogP contribution in [0.15, 0.2) is 18.2 Å². The van der Waals surface area contributed by atoms with E-state index in [1.165, 1.54) is 11.1 Å². The Kier molecular flexibility index (Phi) is 5.11. The van der Waals surface area contributed by atoms with Crippen molar-refractivity contribution >= 4 is 5.78 Å². The summed E-state index contributed by atoms with van der Waals surface area (Å²) in [6, 6.07) is 5.98. The molecule has 0 saturated carbocycles. The second-order valence-corrected chi connectivity index (χ2v) is 5.28. The number of rotatable bonds is 5. The molecule has 0 radical (unpaired) electrons. The minimum Gasteiger partial charge on any atom is -0.379 e. The van der Waals surface area contributed by atoms with Gasteiger partial charge in [0.2, 0.25) is 0 Å². The summed E-state index contributed by atoms with van der Waals surface area (Å²) in [4.78, 5) is 14.5. The van der Waals surface area contributed by atoms with Gasteiger partial charge in [0.1, 0.15) is 0 Å². The molecule has 1 saturated heterocycles. The number of aryl methyl sites for hydroxylation is 2. The minimum absolute atomic E-state index is 0.261. The largest absolute Gasteiger partial charge is 0.379 e. The molecule has 0 N–H and O–H groups in total. The molecule has 104 valence electrons. The maximum Gasteiger partial charge on any atom is 0.162 e. The molecule has 0 spiro atoms. The zero-order valence-electron chi connectivity index (χ0n) is 11.9. The number of carbonyl (C=O) groups excluding carboxylic acids is 1. The van der Waals surface area contributed by atoms with Gasteiger partial charge in [0.05, 0.1) is 13.2 Å². The number of carbonyl (C=O) groups is 1. The molecule has 1 aromatic rings. The molecule has 1 aliphatic rings. The molecule has 1 heterocycles. The highest BCUT2D eigenvalue weighted by atomic mass is 16.5. The van der Waals surface area contributed by atoms with Crippen LogP contribution in [0, 0.1) is 13.8 Å². The van der Waals surface area contributed by atoms with E-state index in [-0.39, 0.29) is 5.78 Å². The van der Waals surface area contributed by atoms with E-state index in [4.69, 9.17) is 4.74 Å². The molecule has 0 aromatic heterocycles. The maximum atomic E-state index is 12.1. The number of ketones is 1. The Morgan fingerprint density at radius 3 is 2.63 bits per heavy atom. The van der Waals surface area contributed by atoms with Gasteiger partial charge in [-0.15, -0.1) is 0 Å². The quantitative estimate of drug-likeness (QED) is 0.763. The van der Waals surface area contributed by atoms with Gasteiger partial charge in [0.25, 0.3) is 0 Å². The Morgan fingerprint density at radius 2 is 1.95 bits per heavy atom. The van der Waals surface area contributed by atoms with E-state index < -0.39 is 0 Å². The van der Waals surface area contributed by atoms with Crippen molar-refractivity contribution in [3.8, 4) is 0 Å². The fraction of sp³-hybridized carbons (Fsp3) is 0.562. The lowest BCUT2D eigenvalue weighted by Crippen LogP contribution is -2.36. The van der Waals surface area contributed by atoms with Crippen LogP contribution in [-0.4, -0.2) is 43.5 Å². The van der Waals surface area contributed by atoms with Crippen LogP contribution in [0.25, 0.3) is 0 Å². The Balaban J connectivity index is 1.78. The van der Waals surface area contributed by atoms with E-state index in [1.54, 1.807) is 0 Å². The number of Topliss-reactive ketones (excluding diaryl/α,β-unsaturated/α-hetero) is 1. The highest BCUT2D eigenvalue weighted by molar-refractivity contribution is 5.96. The molecular weight excluding hydrogens is 238 g/mol. The molecule has 0 bridgehead atoms. The number of hydrogen-bond acceptors (Lipinski definition) is 3. The first-order valence-corrected chi connectivity index (χ1v) is 7.07. The van der Waals surface area contributed by atoms with Crippen LogP contribution < -0.4 is 0 Å². The zero-order chi connectivity index (χ0) is 13.7. The third-order valence-electron chi connectivity index (χ3n) is 3.81. The maximum absolute atomic E-state index is 12.1. The summed E-state index contributed by atoms with van der Waals surface area (Å²) in [6.07, 6.45) is 1.58. The molecule has 0 atom stereocenters. The molecule has 0 amide bonds. The summed E-state index contributed by atoms with van der Waals surface area (Å²) in [6.45, 7) is 8.77. The minimum atomic E-state index is 0.261. The van der Waals surface area contributed by atoms with Gasteiger partial charge in [0.15, 0.2) is 5.78 Å². The summed E-state index contributed by atoms with van der Waals surface area (Å²) < 4.78 is 5.31. The van der Waals surface area contributed by atoms with Crippen molar-refractivity contribution in [3.05, 3.63) is 34.9 Å². The fourth-order valence-corrected chi connectivity index (χ4v) is 2.35. The topological polar surface area (TPSA) is 29.5 Å². The summed E-state index contributed by atoms with van der Waals surface area (Å²) in [5, 5.41) is 0. The van der Waals surface area contributed by atoms with Crippen molar-refractivity contribution in [1.82, 2.24) is 4.90 Å². The number of morpholine rings is 1. The van der Waals surface area contributed by atoms with Gasteiger partial charge in [0, 0.05) is 25.1 Å². The molecule has 1 aliphatic heterocycles. The number of benzene rings is 1. The van der Waals surface area contributed by atoms with E-state index in [2.05, 4.69) is 18.7 Å². The fourth-order valence-electron chi connectivity index (χ4n) is 2.35. The molecule has 19 heavy (non-hydrogen) atoms. The SMILES string of the molecule is Cc1ccc(C(=O)CCCN2CCOCC2)cc1C. The number of nitrogens with zero attached hydrogens (tertiary/aromatic N) is 1. The highest BCUT2D eigenvalue weighted by Gasteiger charge is 2.11. The normalized spacial score (nSPS) is 16.5. The molecule has 2 rings (SSSR count).